The molecule has 23 heavy (non-hydrogen) atoms. The largest absolute Gasteiger partial charge is 0.493 e. The van der Waals surface area contributed by atoms with Gasteiger partial charge in [-0.2, -0.15) is 0 Å². The van der Waals surface area contributed by atoms with E-state index in [0.29, 0.717) is 23.7 Å². The molecule has 1 atom stereocenters. The minimum Gasteiger partial charge on any atom is -0.493 e. The summed E-state index contributed by atoms with van der Waals surface area (Å²) in [5.74, 6) is 0.827. The number of hydrogen-bond donors (Lipinski definition) is 1. The zero-order valence-corrected chi connectivity index (χ0v) is 14.4. The van der Waals surface area contributed by atoms with Gasteiger partial charge in [-0.15, -0.1) is 0 Å². The first-order chi connectivity index (χ1) is 11.0. The van der Waals surface area contributed by atoms with E-state index in [1.807, 2.05) is 38.1 Å². The van der Waals surface area contributed by atoms with E-state index in [4.69, 9.17) is 4.74 Å². The highest BCUT2D eigenvalue weighted by Crippen LogP contribution is 2.23. The summed E-state index contributed by atoms with van der Waals surface area (Å²) in [4.78, 5) is 12.5. The van der Waals surface area contributed by atoms with E-state index < -0.39 is 10.8 Å². The maximum Gasteiger partial charge on any atom is 0.259 e. The number of carbonyl (C=O) groups is 1. The highest BCUT2D eigenvalue weighted by Gasteiger charge is 2.14. The van der Waals surface area contributed by atoms with Gasteiger partial charge in [-0.1, -0.05) is 24.3 Å². The highest BCUT2D eigenvalue weighted by molar-refractivity contribution is 7.83. The highest BCUT2D eigenvalue weighted by atomic mass is 32.2. The Morgan fingerprint density at radius 3 is 2.61 bits per heavy atom. The Morgan fingerprint density at radius 2 is 1.91 bits per heavy atom. The molecule has 0 bridgehead atoms. The number of ether oxygens (including phenoxy) is 1. The molecule has 0 aliphatic heterocycles. The third-order valence-corrected chi connectivity index (χ3v) is 4.20. The van der Waals surface area contributed by atoms with Crippen LogP contribution < -0.4 is 10.1 Å². The van der Waals surface area contributed by atoms with Crippen molar-refractivity contribution < 1.29 is 13.7 Å². The molecule has 0 saturated heterocycles. The molecule has 0 aliphatic rings. The first kappa shape index (κ1) is 17.2. The molecule has 122 valence electrons. The lowest BCUT2D eigenvalue weighted by Crippen LogP contribution is -2.15. The second-order valence-corrected chi connectivity index (χ2v) is 6.63. The molecule has 2 rings (SSSR count). The van der Waals surface area contributed by atoms with E-state index in [-0.39, 0.29) is 5.91 Å². The topological polar surface area (TPSA) is 55.4 Å². The van der Waals surface area contributed by atoms with E-state index in [0.717, 1.165) is 16.8 Å². The standard InChI is InChI=1S/C18H21NO3S/c1-4-22-17-11-6-5-9-15(17)18(20)19-16-10-7-8-14(13(16)2)12-23(3)21/h5-11H,4,12H2,1-3H3,(H,19,20). The van der Waals surface area contributed by atoms with Crippen molar-refractivity contribution in [1.29, 1.82) is 0 Å². The van der Waals surface area contributed by atoms with E-state index in [2.05, 4.69) is 5.32 Å². The van der Waals surface area contributed by atoms with Gasteiger partial charge in [-0.3, -0.25) is 9.00 Å². The van der Waals surface area contributed by atoms with Crippen LogP contribution in [0.1, 0.15) is 28.4 Å². The number of carbonyl (C=O) groups excluding carboxylic acids is 1. The number of rotatable bonds is 6. The molecule has 1 N–H and O–H groups in total. The van der Waals surface area contributed by atoms with Crippen LogP contribution >= 0.6 is 0 Å². The SMILES string of the molecule is CCOc1ccccc1C(=O)Nc1cccc(CS(C)=O)c1C. The predicted molar refractivity (Wildman–Crippen MR) is 94.5 cm³/mol. The van der Waals surface area contributed by atoms with Crippen LogP contribution in [0, 0.1) is 6.92 Å². The Morgan fingerprint density at radius 1 is 1.17 bits per heavy atom. The predicted octanol–water partition coefficient (Wildman–Crippen LogP) is 3.52. The van der Waals surface area contributed by atoms with Gasteiger partial charge in [0.05, 0.1) is 12.2 Å². The fraction of sp³-hybridized carbons (Fsp3) is 0.278. The smallest absolute Gasteiger partial charge is 0.259 e. The van der Waals surface area contributed by atoms with Crippen LogP contribution in [0.4, 0.5) is 5.69 Å². The Hall–Kier alpha value is -2.14. The average Bonchev–Trinajstić information content (AvgIpc) is 2.51. The van der Waals surface area contributed by atoms with Crippen LogP contribution in [-0.4, -0.2) is 23.0 Å². The van der Waals surface area contributed by atoms with Gasteiger partial charge in [-0.05, 0) is 43.2 Å². The molecular formula is C18H21NO3S. The summed E-state index contributed by atoms with van der Waals surface area (Å²) >= 11 is 0. The minimum atomic E-state index is -0.923. The van der Waals surface area contributed by atoms with Crippen LogP contribution in [0.3, 0.4) is 0 Å². The number of nitrogens with one attached hydrogen (secondary N) is 1. The maximum absolute atomic E-state index is 12.5. The van der Waals surface area contributed by atoms with Gasteiger partial charge in [0.2, 0.25) is 0 Å². The fourth-order valence-electron chi connectivity index (χ4n) is 2.32. The van der Waals surface area contributed by atoms with Gasteiger partial charge in [0, 0.05) is 28.5 Å². The van der Waals surface area contributed by atoms with Gasteiger partial charge in [0.25, 0.3) is 5.91 Å². The number of amides is 1. The Bertz CT molecular complexity index is 728. The minimum absolute atomic E-state index is 0.216. The Labute approximate surface area is 139 Å². The number of para-hydroxylation sites is 1. The Balaban J connectivity index is 2.26. The van der Waals surface area contributed by atoms with E-state index in [1.165, 1.54) is 0 Å². The van der Waals surface area contributed by atoms with Crippen LogP contribution in [0.25, 0.3) is 0 Å². The van der Waals surface area contributed by atoms with Gasteiger partial charge in [0.1, 0.15) is 5.75 Å². The van der Waals surface area contributed by atoms with Crippen molar-refractivity contribution in [2.75, 3.05) is 18.2 Å². The van der Waals surface area contributed by atoms with Crippen molar-refractivity contribution in [3.63, 3.8) is 0 Å². The normalized spacial score (nSPS) is 11.8. The van der Waals surface area contributed by atoms with Crippen LogP contribution in [-0.2, 0) is 16.6 Å². The monoisotopic (exact) mass is 331 g/mol. The van der Waals surface area contributed by atoms with Crippen molar-refractivity contribution in [2.45, 2.75) is 19.6 Å². The second kappa shape index (κ2) is 7.92. The second-order valence-electron chi connectivity index (χ2n) is 5.19. The maximum atomic E-state index is 12.5. The molecule has 4 nitrogen and oxygen atoms in total. The summed E-state index contributed by atoms with van der Waals surface area (Å²) in [6.45, 7) is 4.31. The molecule has 0 saturated carbocycles. The lowest BCUT2D eigenvalue weighted by molar-refractivity contribution is 0.102. The fourth-order valence-corrected chi connectivity index (χ4v) is 3.07. The first-order valence-corrected chi connectivity index (χ1v) is 9.17. The van der Waals surface area contributed by atoms with E-state index in [1.54, 1.807) is 24.5 Å². The van der Waals surface area contributed by atoms with Crippen molar-refractivity contribution in [3.8, 4) is 5.75 Å². The lowest BCUT2D eigenvalue weighted by Gasteiger charge is -2.14. The van der Waals surface area contributed by atoms with Gasteiger partial charge < -0.3 is 10.1 Å². The lowest BCUT2D eigenvalue weighted by atomic mass is 10.1. The van der Waals surface area contributed by atoms with Gasteiger partial charge in [-0.25, -0.2) is 0 Å². The number of anilines is 1. The van der Waals surface area contributed by atoms with Crippen molar-refractivity contribution >= 4 is 22.4 Å². The van der Waals surface area contributed by atoms with Gasteiger partial charge >= 0.3 is 0 Å². The van der Waals surface area contributed by atoms with E-state index in [9.17, 15) is 9.00 Å². The third-order valence-electron chi connectivity index (χ3n) is 3.48. The van der Waals surface area contributed by atoms with Crippen molar-refractivity contribution in [1.82, 2.24) is 0 Å². The average molecular weight is 331 g/mol. The van der Waals surface area contributed by atoms with Crippen LogP contribution in [0.15, 0.2) is 42.5 Å². The summed E-state index contributed by atoms with van der Waals surface area (Å²) in [7, 11) is -0.923. The van der Waals surface area contributed by atoms with E-state index >= 15 is 0 Å². The quantitative estimate of drug-likeness (QED) is 0.881. The molecule has 0 spiro atoms. The first-order valence-electron chi connectivity index (χ1n) is 7.44. The molecule has 5 heteroatoms. The molecule has 0 radical (unpaired) electrons. The zero-order valence-electron chi connectivity index (χ0n) is 13.6. The molecule has 2 aromatic carbocycles. The molecule has 0 aliphatic carbocycles. The number of benzene rings is 2. The zero-order chi connectivity index (χ0) is 16.8. The molecule has 2 aromatic rings. The molecule has 1 amide bonds. The summed E-state index contributed by atoms with van der Waals surface area (Å²) < 4.78 is 16.9. The number of hydrogen-bond acceptors (Lipinski definition) is 3. The Kier molecular flexibility index (Phi) is 5.93. The molecule has 0 heterocycles. The third kappa shape index (κ3) is 4.42. The summed E-state index contributed by atoms with van der Waals surface area (Å²) in [6, 6.07) is 12.8. The van der Waals surface area contributed by atoms with Gasteiger partial charge in [0.15, 0.2) is 0 Å². The molecule has 0 fully saturated rings. The molecule has 1 unspecified atom stereocenters. The molecular weight excluding hydrogens is 310 g/mol. The molecule has 0 aromatic heterocycles. The van der Waals surface area contributed by atoms with Crippen LogP contribution in [0.2, 0.25) is 0 Å². The van der Waals surface area contributed by atoms with Crippen molar-refractivity contribution in [2.24, 2.45) is 0 Å². The summed E-state index contributed by atoms with van der Waals surface area (Å²) in [6.07, 6.45) is 1.67. The summed E-state index contributed by atoms with van der Waals surface area (Å²) in [5, 5.41) is 2.92. The van der Waals surface area contributed by atoms with Crippen LogP contribution in [0.5, 0.6) is 5.75 Å². The summed E-state index contributed by atoms with van der Waals surface area (Å²) in [5.41, 5.74) is 3.13. The van der Waals surface area contributed by atoms with Crippen molar-refractivity contribution in [3.05, 3.63) is 59.2 Å².